The van der Waals surface area contributed by atoms with Crippen molar-refractivity contribution in [3.8, 4) is 28.9 Å². The topological polar surface area (TPSA) is 141 Å². The minimum atomic E-state index is -1.31. The smallest absolute Gasteiger partial charge is 0.259 e. The Kier molecular flexibility index (Phi) is 10.5. The monoisotopic (exact) mass is 760 g/mol. The normalized spacial score (nSPS) is 14.7. The SMILES string of the molecule is COc1ccc(C(c2c(O)n(-c3ccccc3C)c(=S)[nH]c2=O)c2c(O)n(-c3ccccc3C)c(=S)[nH]c2=O)cc1CN1CCCC[C@H]1c1cccnc1. The molecule has 0 unspecified atom stereocenters. The van der Waals surface area contributed by atoms with Crippen molar-refractivity contribution in [2.45, 2.75) is 51.6 Å². The van der Waals surface area contributed by atoms with Crippen molar-refractivity contribution in [3.05, 3.63) is 160 Å². The second-order valence-electron chi connectivity index (χ2n) is 13.5. The van der Waals surface area contributed by atoms with Crippen molar-refractivity contribution in [3.63, 3.8) is 0 Å². The van der Waals surface area contributed by atoms with Crippen molar-refractivity contribution in [2.75, 3.05) is 13.7 Å². The van der Waals surface area contributed by atoms with Crippen molar-refractivity contribution in [1.82, 2.24) is 29.0 Å². The predicted octanol–water partition coefficient (Wildman–Crippen LogP) is 7.44. The molecule has 6 aromatic rings. The average molecular weight is 761 g/mol. The van der Waals surface area contributed by atoms with Gasteiger partial charge in [-0.15, -0.1) is 0 Å². The Labute approximate surface area is 321 Å². The molecule has 1 aliphatic rings. The van der Waals surface area contributed by atoms with E-state index in [-0.39, 0.29) is 26.7 Å². The summed E-state index contributed by atoms with van der Waals surface area (Å²) in [6.07, 6.45) is 6.73. The molecule has 3 aromatic carbocycles. The van der Waals surface area contributed by atoms with E-state index in [4.69, 9.17) is 29.2 Å². The van der Waals surface area contributed by atoms with E-state index >= 15 is 0 Å². The minimum Gasteiger partial charge on any atom is -0.496 e. The van der Waals surface area contributed by atoms with Gasteiger partial charge in [0.05, 0.1) is 35.5 Å². The van der Waals surface area contributed by atoms with Gasteiger partial charge in [0.25, 0.3) is 11.1 Å². The number of methoxy groups -OCH3 is 1. The molecule has 0 radical (unpaired) electrons. The number of aromatic nitrogens is 5. The molecular formula is C41H40N6O5S2. The van der Waals surface area contributed by atoms with Gasteiger partial charge in [0, 0.05) is 30.5 Å². The number of nitrogens with one attached hydrogen (secondary N) is 2. The molecule has 1 fully saturated rings. The Morgan fingerprint density at radius 1 is 0.833 bits per heavy atom. The Hall–Kier alpha value is -5.63. The van der Waals surface area contributed by atoms with Crippen LogP contribution in [0.2, 0.25) is 0 Å². The van der Waals surface area contributed by atoms with Gasteiger partial charge in [0.1, 0.15) is 5.75 Å². The minimum absolute atomic E-state index is 0.0368. The number of aromatic amines is 2. The molecule has 0 saturated carbocycles. The van der Waals surface area contributed by atoms with Crippen LogP contribution in [0.1, 0.15) is 70.2 Å². The highest BCUT2D eigenvalue weighted by molar-refractivity contribution is 7.71. The zero-order chi connectivity index (χ0) is 38.1. The third-order valence-corrected chi connectivity index (χ3v) is 10.8. The van der Waals surface area contributed by atoms with Crippen LogP contribution in [-0.2, 0) is 6.54 Å². The molecule has 276 valence electrons. The zero-order valence-corrected chi connectivity index (χ0v) is 31.7. The zero-order valence-electron chi connectivity index (χ0n) is 30.1. The molecular weight excluding hydrogens is 721 g/mol. The van der Waals surface area contributed by atoms with Crippen molar-refractivity contribution < 1.29 is 14.9 Å². The van der Waals surface area contributed by atoms with E-state index < -0.39 is 28.8 Å². The lowest BCUT2D eigenvalue weighted by Crippen LogP contribution is -2.33. The maximum atomic E-state index is 14.2. The number of aryl methyl sites for hydroxylation is 2. The maximum Gasteiger partial charge on any atom is 0.259 e. The number of likely N-dealkylation sites (tertiary alicyclic amines) is 1. The molecule has 7 rings (SSSR count). The fourth-order valence-corrected chi connectivity index (χ4v) is 8.16. The third kappa shape index (κ3) is 6.81. The highest BCUT2D eigenvalue weighted by Gasteiger charge is 2.34. The van der Waals surface area contributed by atoms with E-state index in [1.807, 2.05) is 56.4 Å². The molecule has 0 aliphatic carbocycles. The van der Waals surface area contributed by atoms with Crippen molar-refractivity contribution >= 4 is 24.4 Å². The molecule has 0 amide bonds. The summed E-state index contributed by atoms with van der Waals surface area (Å²) in [5, 5.41) is 24.4. The Balaban J connectivity index is 1.49. The van der Waals surface area contributed by atoms with E-state index in [9.17, 15) is 19.8 Å². The van der Waals surface area contributed by atoms with Gasteiger partial charge in [-0.05, 0) is 110 Å². The number of benzene rings is 3. The van der Waals surface area contributed by atoms with E-state index in [2.05, 4.69) is 25.9 Å². The van der Waals surface area contributed by atoms with Crippen molar-refractivity contribution in [2.24, 2.45) is 0 Å². The van der Waals surface area contributed by atoms with Gasteiger partial charge in [-0.1, -0.05) is 55.0 Å². The van der Waals surface area contributed by atoms with Gasteiger partial charge >= 0.3 is 0 Å². The number of ether oxygens (including phenoxy) is 1. The van der Waals surface area contributed by atoms with Crippen LogP contribution in [0.25, 0.3) is 11.4 Å². The maximum absolute atomic E-state index is 14.2. The molecule has 13 heteroatoms. The Morgan fingerprint density at radius 2 is 1.43 bits per heavy atom. The quantitative estimate of drug-likeness (QED) is 0.111. The summed E-state index contributed by atoms with van der Waals surface area (Å²) in [6.45, 7) is 5.04. The summed E-state index contributed by atoms with van der Waals surface area (Å²) in [6, 6.07) is 24.1. The summed E-state index contributed by atoms with van der Waals surface area (Å²) < 4.78 is 8.53. The molecule has 0 bridgehead atoms. The Morgan fingerprint density at radius 3 is 1.96 bits per heavy atom. The lowest BCUT2D eigenvalue weighted by atomic mass is 9.85. The first kappa shape index (κ1) is 36.7. The number of rotatable bonds is 9. The number of piperidine rings is 1. The molecule has 11 nitrogen and oxygen atoms in total. The largest absolute Gasteiger partial charge is 0.496 e. The van der Waals surface area contributed by atoms with Gasteiger partial charge in [-0.3, -0.25) is 38.6 Å². The number of para-hydroxylation sites is 2. The average Bonchev–Trinajstić information content (AvgIpc) is 3.16. The number of nitrogens with zero attached hydrogens (tertiary/aromatic N) is 4. The van der Waals surface area contributed by atoms with Crippen molar-refractivity contribution in [1.29, 1.82) is 0 Å². The summed E-state index contributed by atoms with van der Waals surface area (Å²) in [4.78, 5) is 40.6. The highest BCUT2D eigenvalue weighted by atomic mass is 32.1. The number of hydrogen-bond donors (Lipinski definition) is 4. The summed E-state index contributed by atoms with van der Waals surface area (Å²) in [7, 11) is 1.60. The van der Waals surface area contributed by atoms with Crippen LogP contribution < -0.4 is 15.9 Å². The number of hydrogen-bond acceptors (Lipinski definition) is 9. The molecule has 1 atom stereocenters. The summed E-state index contributed by atoms with van der Waals surface area (Å²) >= 11 is 11.2. The first-order valence-electron chi connectivity index (χ1n) is 17.7. The number of pyridine rings is 1. The lowest BCUT2D eigenvalue weighted by molar-refractivity contribution is 0.139. The van der Waals surface area contributed by atoms with E-state index in [1.54, 1.807) is 49.7 Å². The van der Waals surface area contributed by atoms with Gasteiger partial charge < -0.3 is 14.9 Å². The second kappa shape index (κ2) is 15.4. The molecule has 1 aliphatic heterocycles. The molecule has 4 N–H and O–H groups in total. The van der Waals surface area contributed by atoms with Gasteiger partial charge in [-0.25, -0.2) is 0 Å². The van der Waals surface area contributed by atoms with E-state index in [0.717, 1.165) is 48.1 Å². The van der Waals surface area contributed by atoms with Crippen LogP contribution in [0.15, 0.2) is 101 Å². The van der Waals surface area contributed by atoms with E-state index in [1.165, 1.54) is 9.13 Å². The van der Waals surface area contributed by atoms with Crippen LogP contribution in [-0.4, -0.2) is 52.9 Å². The van der Waals surface area contributed by atoms with Crippen LogP contribution in [0.5, 0.6) is 17.5 Å². The van der Waals surface area contributed by atoms with Crippen LogP contribution in [0, 0.1) is 23.4 Å². The fraction of sp³-hybridized carbons (Fsp3) is 0.244. The summed E-state index contributed by atoms with van der Waals surface area (Å²) in [5.41, 5.74) is 3.16. The highest BCUT2D eigenvalue weighted by Crippen LogP contribution is 2.41. The first-order chi connectivity index (χ1) is 26.1. The van der Waals surface area contributed by atoms with Gasteiger partial charge in [-0.2, -0.15) is 0 Å². The molecule has 3 aromatic heterocycles. The molecule has 1 saturated heterocycles. The van der Waals surface area contributed by atoms with Gasteiger partial charge in [0.15, 0.2) is 9.54 Å². The lowest BCUT2D eigenvalue weighted by Gasteiger charge is -2.36. The van der Waals surface area contributed by atoms with Crippen LogP contribution >= 0.6 is 24.4 Å². The second-order valence-corrected chi connectivity index (χ2v) is 14.3. The van der Waals surface area contributed by atoms with Crippen LogP contribution in [0.4, 0.5) is 0 Å². The van der Waals surface area contributed by atoms with E-state index in [0.29, 0.717) is 29.2 Å². The number of aromatic hydroxyl groups is 2. The molecule has 4 heterocycles. The van der Waals surface area contributed by atoms with Crippen LogP contribution in [0.3, 0.4) is 0 Å². The standard InChI is InChI=1S/C41H40N6O5S2/c1-24-11-4-6-14-29(24)46-38(50)34(36(48)43-40(46)53)33(35-37(49)44-41(54)47(39(35)51)30-15-7-5-12-25(30)2)26-17-18-32(52-3)28(21-26)23-45-20-9-8-16-31(45)27-13-10-19-42-22-27/h4-7,10-15,17-19,21-22,31,33,50-51H,8-9,16,20,23H2,1-3H3,(H,43,48,53)(H,44,49,54)/t31-/m0/s1. The predicted molar refractivity (Wildman–Crippen MR) is 212 cm³/mol. The third-order valence-electron chi connectivity index (χ3n) is 10.2. The Bertz CT molecular complexity index is 2470. The molecule has 54 heavy (non-hydrogen) atoms. The number of H-pyrrole nitrogens is 2. The first-order valence-corrected chi connectivity index (χ1v) is 18.5. The fourth-order valence-electron chi connectivity index (χ4n) is 7.60. The van der Waals surface area contributed by atoms with Gasteiger partial charge in [0.2, 0.25) is 11.8 Å². The molecule has 0 spiro atoms. The summed E-state index contributed by atoms with van der Waals surface area (Å²) in [5.74, 6) is -1.65.